The van der Waals surface area contributed by atoms with Crippen LogP contribution in [0.25, 0.3) is 0 Å². The Morgan fingerprint density at radius 2 is 2.35 bits per heavy atom. The Bertz CT molecular complexity index is 414. The smallest absolute Gasteiger partial charge is 0.287 e. The van der Waals surface area contributed by atoms with Crippen molar-refractivity contribution >= 4 is 21.8 Å². The average Bonchev–Trinajstić information content (AvgIpc) is 2.68. The predicted octanol–water partition coefficient (Wildman–Crippen LogP) is 2.16. The molecule has 1 aliphatic rings. The average molecular weight is 301 g/mol. The van der Waals surface area contributed by atoms with Crippen LogP contribution in [0.4, 0.5) is 0 Å². The Morgan fingerprint density at radius 3 is 2.94 bits per heavy atom. The summed E-state index contributed by atoms with van der Waals surface area (Å²) in [6.07, 6.45) is 0.945. The van der Waals surface area contributed by atoms with Crippen LogP contribution >= 0.6 is 15.9 Å². The van der Waals surface area contributed by atoms with Gasteiger partial charge < -0.3 is 15.1 Å². The van der Waals surface area contributed by atoms with Gasteiger partial charge in [0.1, 0.15) is 0 Å². The van der Waals surface area contributed by atoms with E-state index in [0.29, 0.717) is 10.4 Å². The summed E-state index contributed by atoms with van der Waals surface area (Å²) in [6, 6.07) is 3.58. The van der Waals surface area contributed by atoms with Gasteiger partial charge in [0.25, 0.3) is 5.91 Å². The highest BCUT2D eigenvalue weighted by molar-refractivity contribution is 9.10. The quantitative estimate of drug-likeness (QED) is 0.880. The zero-order valence-electron chi connectivity index (χ0n) is 10.0. The van der Waals surface area contributed by atoms with Crippen LogP contribution in [0.1, 0.15) is 30.8 Å². The molecule has 1 unspecified atom stereocenters. The number of carbonyl (C=O) groups excluding carboxylic acids is 1. The van der Waals surface area contributed by atoms with Gasteiger partial charge in [0.05, 0.1) is 0 Å². The first-order chi connectivity index (χ1) is 7.99. The van der Waals surface area contributed by atoms with Crippen LogP contribution in [0.5, 0.6) is 0 Å². The second-order valence-corrected chi connectivity index (χ2v) is 5.87. The molecule has 2 N–H and O–H groups in total. The molecule has 0 radical (unpaired) electrons. The molecule has 1 fully saturated rings. The molecule has 2 heterocycles. The maximum absolute atomic E-state index is 12.0. The van der Waals surface area contributed by atoms with Crippen LogP contribution in [0, 0.1) is 5.41 Å². The van der Waals surface area contributed by atoms with Crippen molar-refractivity contribution in [3.63, 3.8) is 0 Å². The molecule has 1 amide bonds. The Balaban J connectivity index is 2.03. The molecule has 0 aromatic carbocycles. The second-order valence-electron chi connectivity index (χ2n) is 5.08. The fourth-order valence-corrected chi connectivity index (χ4v) is 2.41. The summed E-state index contributed by atoms with van der Waals surface area (Å²) in [4.78, 5) is 12.0. The third kappa shape index (κ3) is 2.90. The predicted molar refractivity (Wildman–Crippen MR) is 68.9 cm³/mol. The maximum Gasteiger partial charge on any atom is 0.287 e. The summed E-state index contributed by atoms with van der Waals surface area (Å²) in [5.74, 6) is 0.210. The molecule has 5 heteroatoms. The van der Waals surface area contributed by atoms with Crippen LogP contribution < -0.4 is 10.6 Å². The van der Waals surface area contributed by atoms with Crippen molar-refractivity contribution in [2.75, 3.05) is 13.1 Å². The van der Waals surface area contributed by atoms with Crippen molar-refractivity contribution in [3.05, 3.63) is 22.6 Å². The molecule has 0 spiro atoms. The normalized spacial score (nSPS) is 23.4. The molecular weight excluding hydrogens is 284 g/mol. The minimum Gasteiger partial charge on any atom is -0.444 e. The largest absolute Gasteiger partial charge is 0.444 e. The standard InChI is InChI=1S/C12H17BrN2O2/c1-12(2)7-14-6-5-9(12)15-11(16)8-3-4-10(13)17-8/h3-4,9,14H,5-7H2,1-2H3,(H,15,16). The van der Waals surface area contributed by atoms with Gasteiger partial charge in [-0.3, -0.25) is 4.79 Å². The minimum atomic E-state index is -0.143. The number of piperidine rings is 1. The first-order valence-corrected chi connectivity index (χ1v) is 6.55. The molecule has 94 valence electrons. The number of hydrogen-bond donors (Lipinski definition) is 2. The van der Waals surface area contributed by atoms with Crippen molar-refractivity contribution in [1.29, 1.82) is 0 Å². The lowest BCUT2D eigenvalue weighted by molar-refractivity contribution is 0.0839. The topological polar surface area (TPSA) is 54.3 Å². The van der Waals surface area contributed by atoms with E-state index in [-0.39, 0.29) is 17.4 Å². The van der Waals surface area contributed by atoms with Crippen LogP contribution in [-0.4, -0.2) is 25.0 Å². The van der Waals surface area contributed by atoms with Crippen LogP contribution in [0.2, 0.25) is 0 Å². The first kappa shape index (κ1) is 12.6. The van der Waals surface area contributed by atoms with Crippen LogP contribution in [-0.2, 0) is 0 Å². The van der Waals surface area contributed by atoms with Gasteiger partial charge in [0.15, 0.2) is 10.4 Å². The molecule has 4 nitrogen and oxygen atoms in total. The third-order valence-electron chi connectivity index (χ3n) is 3.24. The van der Waals surface area contributed by atoms with Crippen molar-refractivity contribution in [2.45, 2.75) is 26.3 Å². The summed E-state index contributed by atoms with van der Waals surface area (Å²) >= 11 is 3.19. The van der Waals surface area contributed by atoms with Gasteiger partial charge >= 0.3 is 0 Å². The van der Waals surface area contributed by atoms with Crippen LogP contribution in [0.3, 0.4) is 0 Å². The molecule has 1 saturated heterocycles. The number of amides is 1. The Morgan fingerprint density at radius 1 is 1.59 bits per heavy atom. The van der Waals surface area contributed by atoms with E-state index in [1.807, 2.05) is 0 Å². The number of nitrogens with one attached hydrogen (secondary N) is 2. The van der Waals surface area contributed by atoms with E-state index in [1.165, 1.54) is 0 Å². The van der Waals surface area contributed by atoms with Gasteiger partial charge in [-0.05, 0) is 46.4 Å². The van der Waals surface area contributed by atoms with E-state index < -0.39 is 0 Å². The van der Waals surface area contributed by atoms with Gasteiger partial charge in [0.2, 0.25) is 0 Å². The van der Waals surface area contributed by atoms with Crippen molar-refractivity contribution in [2.24, 2.45) is 5.41 Å². The Hall–Kier alpha value is -0.810. The highest BCUT2D eigenvalue weighted by Crippen LogP contribution is 2.25. The maximum atomic E-state index is 12.0. The number of halogens is 1. The zero-order chi connectivity index (χ0) is 12.5. The lowest BCUT2D eigenvalue weighted by Crippen LogP contribution is -2.54. The van der Waals surface area contributed by atoms with Gasteiger partial charge in [0, 0.05) is 12.6 Å². The summed E-state index contributed by atoms with van der Waals surface area (Å²) in [5.41, 5.74) is 0.0672. The molecular formula is C12H17BrN2O2. The summed E-state index contributed by atoms with van der Waals surface area (Å²) in [6.45, 7) is 6.17. The summed E-state index contributed by atoms with van der Waals surface area (Å²) in [7, 11) is 0. The first-order valence-electron chi connectivity index (χ1n) is 5.76. The van der Waals surface area contributed by atoms with Gasteiger partial charge in [-0.15, -0.1) is 0 Å². The Kier molecular flexibility index (Phi) is 3.58. The molecule has 1 aliphatic heterocycles. The van der Waals surface area contributed by atoms with E-state index in [0.717, 1.165) is 19.5 Å². The number of furan rings is 1. The molecule has 0 bridgehead atoms. The summed E-state index contributed by atoms with van der Waals surface area (Å²) < 4.78 is 5.82. The lowest BCUT2D eigenvalue weighted by Gasteiger charge is -2.39. The number of rotatable bonds is 2. The monoisotopic (exact) mass is 300 g/mol. The van der Waals surface area contributed by atoms with Gasteiger partial charge in [-0.2, -0.15) is 0 Å². The number of carbonyl (C=O) groups is 1. The molecule has 17 heavy (non-hydrogen) atoms. The van der Waals surface area contributed by atoms with Crippen molar-refractivity contribution in [1.82, 2.24) is 10.6 Å². The molecule has 0 saturated carbocycles. The van der Waals surface area contributed by atoms with Gasteiger partial charge in [-0.25, -0.2) is 0 Å². The molecule has 2 rings (SSSR count). The highest BCUT2D eigenvalue weighted by atomic mass is 79.9. The Labute approximate surface area is 109 Å². The molecule has 1 atom stereocenters. The summed E-state index contributed by atoms with van der Waals surface area (Å²) in [5, 5.41) is 6.39. The second kappa shape index (κ2) is 4.82. The van der Waals surface area contributed by atoms with E-state index >= 15 is 0 Å². The van der Waals surface area contributed by atoms with Crippen LogP contribution in [0.15, 0.2) is 21.2 Å². The molecule has 1 aromatic rings. The van der Waals surface area contributed by atoms with E-state index in [9.17, 15) is 4.79 Å². The third-order valence-corrected chi connectivity index (χ3v) is 3.66. The van der Waals surface area contributed by atoms with Crippen molar-refractivity contribution in [3.8, 4) is 0 Å². The van der Waals surface area contributed by atoms with E-state index in [4.69, 9.17) is 4.42 Å². The van der Waals surface area contributed by atoms with Gasteiger partial charge in [-0.1, -0.05) is 13.8 Å². The minimum absolute atomic E-state index is 0.0672. The highest BCUT2D eigenvalue weighted by Gasteiger charge is 2.33. The van der Waals surface area contributed by atoms with E-state index in [1.54, 1.807) is 12.1 Å². The molecule has 0 aliphatic carbocycles. The zero-order valence-corrected chi connectivity index (χ0v) is 11.6. The SMILES string of the molecule is CC1(C)CNCCC1NC(=O)c1ccc(Br)o1. The fourth-order valence-electron chi connectivity index (χ4n) is 2.10. The van der Waals surface area contributed by atoms with Crippen molar-refractivity contribution < 1.29 is 9.21 Å². The fraction of sp³-hybridized carbons (Fsp3) is 0.583. The van der Waals surface area contributed by atoms with E-state index in [2.05, 4.69) is 40.4 Å². The molecule has 1 aromatic heterocycles. The lowest BCUT2D eigenvalue weighted by atomic mass is 9.80. The number of hydrogen-bond acceptors (Lipinski definition) is 3.